The van der Waals surface area contributed by atoms with Crippen LogP contribution in [-0.4, -0.2) is 31.7 Å². The van der Waals surface area contributed by atoms with Crippen LogP contribution in [0.2, 0.25) is 5.02 Å². The SMILES string of the molecule is CCn1cc(CC(=O)CCc2onc(-c3ccc(O)cc3F)c2Cl)c(C(=O)O)c1. The Balaban J connectivity index is 1.69. The summed E-state index contributed by atoms with van der Waals surface area (Å²) >= 11 is 6.23. The zero-order chi connectivity index (χ0) is 21.1. The summed E-state index contributed by atoms with van der Waals surface area (Å²) in [5, 5.41) is 22.4. The second kappa shape index (κ2) is 8.48. The van der Waals surface area contributed by atoms with E-state index in [0.29, 0.717) is 12.1 Å². The molecule has 0 saturated heterocycles. The number of ketones is 1. The van der Waals surface area contributed by atoms with Gasteiger partial charge in [-0.25, -0.2) is 9.18 Å². The molecule has 152 valence electrons. The first-order chi connectivity index (χ1) is 13.8. The van der Waals surface area contributed by atoms with Gasteiger partial charge in [0.2, 0.25) is 0 Å². The van der Waals surface area contributed by atoms with Crippen molar-refractivity contribution in [1.82, 2.24) is 9.72 Å². The molecular formula is C20H18ClFN2O5. The molecule has 0 saturated carbocycles. The number of halogens is 2. The van der Waals surface area contributed by atoms with Crippen LogP contribution in [0.25, 0.3) is 11.3 Å². The normalized spacial score (nSPS) is 11.0. The monoisotopic (exact) mass is 420 g/mol. The van der Waals surface area contributed by atoms with Crippen molar-refractivity contribution in [3.63, 3.8) is 0 Å². The van der Waals surface area contributed by atoms with Crippen molar-refractivity contribution in [3.05, 3.63) is 58.3 Å². The van der Waals surface area contributed by atoms with Crippen molar-refractivity contribution >= 4 is 23.4 Å². The van der Waals surface area contributed by atoms with E-state index in [2.05, 4.69) is 5.16 Å². The molecule has 2 N–H and O–H groups in total. The van der Waals surface area contributed by atoms with Gasteiger partial charge in [-0.05, 0) is 24.6 Å². The van der Waals surface area contributed by atoms with Gasteiger partial charge in [-0.1, -0.05) is 16.8 Å². The Morgan fingerprint density at radius 2 is 2.07 bits per heavy atom. The lowest BCUT2D eigenvalue weighted by atomic mass is 10.0. The number of phenols is 1. The molecule has 9 heteroatoms. The van der Waals surface area contributed by atoms with Crippen molar-refractivity contribution in [3.8, 4) is 17.0 Å². The smallest absolute Gasteiger partial charge is 0.337 e. The number of Topliss-reactive ketones (excluding diaryl/α,β-unsaturated/α-hetero) is 1. The second-order valence-corrected chi connectivity index (χ2v) is 6.86. The van der Waals surface area contributed by atoms with Gasteiger partial charge in [0.05, 0.1) is 5.56 Å². The highest BCUT2D eigenvalue weighted by Crippen LogP contribution is 2.33. The molecule has 1 aromatic carbocycles. The predicted octanol–water partition coefficient (Wildman–Crippen LogP) is 4.10. The first-order valence-electron chi connectivity index (χ1n) is 8.86. The van der Waals surface area contributed by atoms with Gasteiger partial charge in [-0.15, -0.1) is 0 Å². The topological polar surface area (TPSA) is 106 Å². The highest BCUT2D eigenvalue weighted by molar-refractivity contribution is 6.33. The van der Waals surface area contributed by atoms with Gasteiger partial charge in [-0.3, -0.25) is 4.79 Å². The van der Waals surface area contributed by atoms with Gasteiger partial charge in [0.15, 0.2) is 5.76 Å². The molecule has 0 atom stereocenters. The summed E-state index contributed by atoms with van der Waals surface area (Å²) < 4.78 is 20.9. The molecule has 7 nitrogen and oxygen atoms in total. The number of nitrogens with zero attached hydrogens (tertiary/aromatic N) is 2. The number of hydrogen-bond acceptors (Lipinski definition) is 5. The number of benzene rings is 1. The molecule has 0 radical (unpaired) electrons. The van der Waals surface area contributed by atoms with E-state index in [1.54, 1.807) is 10.8 Å². The van der Waals surface area contributed by atoms with Gasteiger partial charge in [-0.2, -0.15) is 0 Å². The maximum atomic E-state index is 14.0. The predicted molar refractivity (Wildman–Crippen MR) is 103 cm³/mol. The van der Waals surface area contributed by atoms with Crippen molar-refractivity contribution in [1.29, 1.82) is 0 Å². The van der Waals surface area contributed by atoms with Crippen LogP contribution in [0.3, 0.4) is 0 Å². The molecule has 3 rings (SSSR count). The van der Waals surface area contributed by atoms with E-state index in [1.807, 2.05) is 6.92 Å². The third kappa shape index (κ3) is 4.48. The second-order valence-electron chi connectivity index (χ2n) is 6.48. The zero-order valence-corrected chi connectivity index (χ0v) is 16.2. The summed E-state index contributed by atoms with van der Waals surface area (Å²) in [6.07, 6.45) is 3.31. The number of aromatic hydroxyl groups is 1. The van der Waals surface area contributed by atoms with Crippen LogP contribution >= 0.6 is 11.6 Å². The van der Waals surface area contributed by atoms with E-state index in [-0.39, 0.29) is 58.4 Å². The largest absolute Gasteiger partial charge is 0.508 e. The first kappa shape index (κ1) is 20.6. The highest BCUT2D eigenvalue weighted by Gasteiger charge is 2.21. The van der Waals surface area contributed by atoms with Gasteiger partial charge < -0.3 is 19.3 Å². The molecule has 0 amide bonds. The van der Waals surface area contributed by atoms with E-state index < -0.39 is 11.8 Å². The number of hydrogen-bond donors (Lipinski definition) is 2. The van der Waals surface area contributed by atoms with Crippen molar-refractivity contribution in [2.45, 2.75) is 32.7 Å². The zero-order valence-electron chi connectivity index (χ0n) is 15.5. The Kier molecular flexibility index (Phi) is 6.03. The highest BCUT2D eigenvalue weighted by atomic mass is 35.5. The number of aromatic nitrogens is 2. The minimum absolute atomic E-state index is 0.0279. The molecule has 0 unspecified atom stereocenters. The van der Waals surface area contributed by atoms with E-state index in [1.165, 1.54) is 18.3 Å². The van der Waals surface area contributed by atoms with E-state index >= 15 is 0 Å². The van der Waals surface area contributed by atoms with Crippen LogP contribution in [-0.2, 0) is 24.2 Å². The van der Waals surface area contributed by atoms with Crippen molar-refractivity contribution in [2.75, 3.05) is 0 Å². The summed E-state index contributed by atoms with van der Waals surface area (Å²) in [6.45, 7) is 2.47. The van der Waals surface area contributed by atoms with Gasteiger partial charge in [0.25, 0.3) is 0 Å². The molecule has 29 heavy (non-hydrogen) atoms. The minimum Gasteiger partial charge on any atom is -0.508 e. The Labute approximate surface area is 170 Å². The number of carboxylic acid groups (broad SMARTS) is 1. The van der Waals surface area contributed by atoms with Crippen molar-refractivity contribution in [2.24, 2.45) is 0 Å². The van der Waals surface area contributed by atoms with Crippen LogP contribution in [0.5, 0.6) is 5.75 Å². The minimum atomic E-state index is -1.08. The summed E-state index contributed by atoms with van der Waals surface area (Å²) in [4.78, 5) is 23.7. The number of carbonyl (C=O) groups excluding carboxylic acids is 1. The van der Waals surface area contributed by atoms with Crippen LogP contribution < -0.4 is 0 Å². The average molecular weight is 421 g/mol. The standard InChI is InChI=1S/C20H18ClFN2O5/c1-2-24-9-11(15(10-24)20(27)28)7-12(25)4-6-17-18(21)19(23-29-17)14-5-3-13(26)8-16(14)22/h3,5,8-10,26H,2,4,6-7H2,1H3,(H,27,28). The maximum absolute atomic E-state index is 14.0. The Bertz CT molecular complexity index is 1070. The molecule has 0 fully saturated rings. The van der Waals surface area contributed by atoms with Crippen LogP contribution in [0.4, 0.5) is 4.39 Å². The number of carbonyl (C=O) groups is 2. The summed E-state index contributed by atoms with van der Waals surface area (Å²) in [5.74, 6) is -1.98. The number of aryl methyl sites for hydroxylation is 2. The molecule has 0 aliphatic carbocycles. The number of aromatic carboxylic acids is 1. The molecule has 2 aromatic heterocycles. The van der Waals surface area contributed by atoms with Crippen LogP contribution in [0.1, 0.15) is 35.0 Å². The van der Waals surface area contributed by atoms with E-state index in [9.17, 15) is 24.2 Å². The van der Waals surface area contributed by atoms with Gasteiger partial charge in [0, 0.05) is 49.8 Å². The third-order valence-corrected chi connectivity index (χ3v) is 4.87. The fraction of sp³-hybridized carbons (Fsp3) is 0.250. The summed E-state index contributed by atoms with van der Waals surface area (Å²) in [6, 6.07) is 3.57. The van der Waals surface area contributed by atoms with Crippen molar-refractivity contribution < 1.29 is 28.7 Å². The van der Waals surface area contributed by atoms with E-state index in [4.69, 9.17) is 16.1 Å². The first-order valence-corrected chi connectivity index (χ1v) is 9.24. The lowest BCUT2D eigenvalue weighted by Crippen LogP contribution is -2.07. The Hall–Kier alpha value is -3.13. The van der Waals surface area contributed by atoms with Gasteiger partial charge >= 0.3 is 5.97 Å². The molecule has 3 aromatic rings. The molecule has 2 heterocycles. The molecule has 0 aliphatic heterocycles. The number of carboxylic acids is 1. The fourth-order valence-corrected chi connectivity index (χ4v) is 3.22. The Morgan fingerprint density at radius 1 is 1.31 bits per heavy atom. The third-order valence-electron chi connectivity index (χ3n) is 4.48. The molecule has 0 bridgehead atoms. The lowest BCUT2D eigenvalue weighted by molar-refractivity contribution is -0.118. The quantitative estimate of drug-likeness (QED) is 0.568. The molecule has 0 spiro atoms. The number of phenolic OH excluding ortho intramolecular Hbond substituents is 1. The summed E-state index contributed by atoms with van der Waals surface area (Å²) in [5.41, 5.74) is 0.698. The number of rotatable bonds is 8. The summed E-state index contributed by atoms with van der Waals surface area (Å²) in [7, 11) is 0. The van der Waals surface area contributed by atoms with Crippen LogP contribution in [0.15, 0.2) is 35.1 Å². The van der Waals surface area contributed by atoms with E-state index in [0.717, 1.165) is 6.07 Å². The lowest BCUT2D eigenvalue weighted by Gasteiger charge is -2.01. The average Bonchev–Trinajstić information content (AvgIpc) is 3.24. The van der Waals surface area contributed by atoms with Crippen LogP contribution in [0, 0.1) is 5.82 Å². The molecule has 0 aliphatic rings. The molecular weight excluding hydrogens is 403 g/mol. The van der Waals surface area contributed by atoms with Gasteiger partial charge in [0.1, 0.15) is 28.1 Å². The maximum Gasteiger partial charge on any atom is 0.337 e. The Morgan fingerprint density at radius 3 is 2.72 bits per heavy atom. The fourth-order valence-electron chi connectivity index (χ4n) is 2.96.